The molecule has 1 fully saturated rings. The van der Waals surface area contributed by atoms with Crippen LogP contribution in [-0.2, 0) is 4.74 Å². The normalized spacial score (nSPS) is 17.4. The minimum Gasteiger partial charge on any atom is -0.495 e. The fourth-order valence-corrected chi connectivity index (χ4v) is 2.81. The van der Waals surface area contributed by atoms with Gasteiger partial charge in [0.05, 0.1) is 19.4 Å². The Labute approximate surface area is 141 Å². The highest BCUT2D eigenvalue weighted by atomic mass is 35.5. The number of benzene rings is 1. The summed E-state index contributed by atoms with van der Waals surface area (Å²) >= 11 is 5.98. The maximum absolute atomic E-state index is 12.5. The molecule has 124 valence electrons. The van der Waals surface area contributed by atoms with Crippen LogP contribution in [0.15, 0.2) is 18.2 Å². The molecule has 1 aliphatic rings. The van der Waals surface area contributed by atoms with E-state index in [4.69, 9.17) is 27.5 Å². The summed E-state index contributed by atoms with van der Waals surface area (Å²) in [7, 11) is 1.55. The Kier molecular flexibility index (Phi) is 6.57. The number of terminal acetylenes is 1. The Balaban J connectivity index is 1.95. The largest absolute Gasteiger partial charge is 0.495 e. The summed E-state index contributed by atoms with van der Waals surface area (Å²) in [5, 5.41) is 3.41. The number of methoxy groups -OCH3 is 1. The predicted octanol–water partition coefficient (Wildman–Crippen LogP) is 3.24. The van der Waals surface area contributed by atoms with Crippen LogP contribution in [0.1, 0.15) is 12.8 Å². The molecule has 1 saturated heterocycles. The number of amides is 2. The molecule has 0 radical (unpaired) electrons. The quantitative estimate of drug-likeness (QED) is 0.663. The fraction of sp³-hybridized carbons (Fsp3) is 0.471. The second-order valence-electron chi connectivity index (χ2n) is 5.45. The van der Waals surface area contributed by atoms with Gasteiger partial charge in [0.25, 0.3) is 0 Å². The molecule has 0 aliphatic carbocycles. The smallest absolute Gasteiger partial charge is 0.321 e. The van der Waals surface area contributed by atoms with Gasteiger partial charge in [-0.05, 0) is 31.0 Å². The molecule has 1 heterocycles. The maximum Gasteiger partial charge on any atom is 0.321 e. The summed E-state index contributed by atoms with van der Waals surface area (Å²) in [5.41, 5.74) is 0.565. The van der Waals surface area contributed by atoms with Crippen molar-refractivity contribution in [2.24, 2.45) is 5.92 Å². The van der Waals surface area contributed by atoms with Crippen LogP contribution in [0.4, 0.5) is 10.5 Å². The van der Waals surface area contributed by atoms with Crippen LogP contribution >= 0.6 is 11.6 Å². The van der Waals surface area contributed by atoms with Crippen molar-refractivity contribution in [3.05, 3.63) is 23.2 Å². The number of hydrogen-bond donors (Lipinski definition) is 1. The number of nitrogens with zero attached hydrogens (tertiary/aromatic N) is 1. The first kappa shape index (κ1) is 17.5. The van der Waals surface area contributed by atoms with Gasteiger partial charge >= 0.3 is 6.03 Å². The molecule has 1 unspecified atom stereocenters. The predicted molar refractivity (Wildman–Crippen MR) is 91.0 cm³/mol. The number of carbonyl (C=O) groups excluding carboxylic acids is 1. The lowest BCUT2D eigenvalue weighted by Crippen LogP contribution is -2.43. The van der Waals surface area contributed by atoms with Crippen LogP contribution in [-0.4, -0.2) is 44.3 Å². The standard InChI is InChI=1S/C17H21ClN2O3/c1-3-9-23-12-13-5-4-8-20(11-13)17(21)19-15-10-14(18)6-7-16(15)22-2/h1,6-7,10,13H,4-5,8-9,11-12H2,2H3,(H,19,21). The summed E-state index contributed by atoms with van der Waals surface area (Å²) in [4.78, 5) is 14.3. The Morgan fingerprint density at radius 2 is 2.39 bits per heavy atom. The van der Waals surface area contributed by atoms with Crippen molar-refractivity contribution in [3.63, 3.8) is 0 Å². The van der Waals surface area contributed by atoms with E-state index in [0.29, 0.717) is 42.1 Å². The van der Waals surface area contributed by atoms with Gasteiger partial charge < -0.3 is 19.7 Å². The number of anilines is 1. The molecule has 1 aromatic rings. The first-order valence-electron chi connectivity index (χ1n) is 7.54. The van der Waals surface area contributed by atoms with Gasteiger partial charge in [-0.15, -0.1) is 6.42 Å². The third-order valence-electron chi connectivity index (χ3n) is 3.75. The van der Waals surface area contributed by atoms with Crippen LogP contribution in [0, 0.1) is 18.3 Å². The van der Waals surface area contributed by atoms with E-state index in [1.54, 1.807) is 30.2 Å². The van der Waals surface area contributed by atoms with Crippen LogP contribution < -0.4 is 10.1 Å². The number of ether oxygens (including phenoxy) is 2. The first-order valence-corrected chi connectivity index (χ1v) is 7.92. The van der Waals surface area contributed by atoms with Gasteiger partial charge in [0.15, 0.2) is 0 Å². The molecular formula is C17H21ClN2O3. The third-order valence-corrected chi connectivity index (χ3v) is 3.98. The summed E-state index contributed by atoms with van der Waals surface area (Å²) in [6, 6.07) is 4.96. The van der Waals surface area contributed by atoms with Crippen LogP contribution in [0.3, 0.4) is 0 Å². The van der Waals surface area contributed by atoms with Gasteiger partial charge in [0.2, 0.25) is 0 Å². The lowest BCUT2D eigenvalue weighted by atomic mass is 9.99. The van der Waals surface area contributed by atoms with E-state index < -0.39 is 0 Å². The number of nitrogens with one attached hydrogen (secondary N) is 1. The highest BCUT2D eigenvalue weighted by Crippen LogP contribution is 2.28. The van der Waals surface area contributed by atoms with Gasteiger partial charge in [-0.2, -0.15) is 0 Å². The number of halogens is 1. The van der Waals surface area contributed by atoms with Crippen molar-refractivity contribution in [3.8, 4) is 18.1 Å². The average molecular weight is 337 g/mol. The molecular weight excluding hydrogens is 316 g/mol. The number of carbonyl (C=O) groups is 1. The zero-order valence-corrected chi connectivity index (χ0v) is 13.9. The average Bonchev–Trinajstić information content (AvgIpc) is 2.55. The van der Waals surface area contributed by atoms with Crippen molar-refractivity contribution in [2.75, 3.05) is 38.7 Å². The van der Waals surface area contributed by atoms with Crippen molar-refractivity contribution in [2.45, 2.75) is 12.8 Å². The monoisotopic (exact) mass is 336 g/mol. The number of urea groups is 1. The minimum atomic E-state index is -0.160. The molecule has 1 N–H and O–H groups in total. The van der Waals surface area contributed by atoms with Crippen LogP contribution in [0.2, 0.25) is 5.02 Å². The van der Waals surface area contributed by atoms with E-state index in [9.17, 15) is 4.79 Å². The van der Waals surface area contributed by atoms with Crippen molar-refractivity contribution in [1.82, 2.24) is 4.90 Å². The fourth-order valence-electron chi connectivity index (χ4n) is 2.64. The van der Waals surface area contributed by atoms with Crippen molar-refractivity contribution in [1.29, 1.82) is 0 Å². The van der Waals surface area contributed by atoms with Crippen molar-refractivity contribution >= 4 is 23.3 Å². The summed E-state index contributed by atoms with van der Waals surface area (Å²) in [5.74, 6) is 3.34. The van der Waals surface area contributed by atoms with E-state index in [2.05, 4.69) is 11.2 Å². The Morgan fingerprint density at radius 3 is 3.13 bits per heavy atom. The minimum absolute atomic E-state index is 0.160. The second-order valence-corrected chi connectivity index (χ2v) is 5.88. The first-order chi connectivity index (χ1) is 11.1. The van der Waals surface area contributed by atoms with Crippen LogP contribution in [0.5, 0.6) is 5.75 Å². The molecule has 2 rings (SSSR count). The molecule has 23 heavy (non-hydrogen) atoms. The molecule has 0 bridgehead atoms. The highest BCUT2D eigenvalue weighted by Gasteiger charge is 2.24. The molecule has 1 aliphatic heterocycles. The summed E-state index contributed by atoms with van der Waals surface area (Å²) in [6.45, 7) is 2.26. The Hall–Kier alpha value is -1.90. The lowest BCUT2D eigenvalue weighted by Gasteiger charge is -2.32. The van der Waals surface area contributed by atoms with Crippen molar-refractivity contribution < 1.29 is 14.3 Å². The number of hydrogen-bond acceptors (Lipinski definition) is 3. The zero-order valence-electron chi connectivity index (χ0n) is 13.2. The van der Waals surface area contributed by atoms with E-state index in [-0.39, 0.29) is 6.03 Å². The molecule has 5 nitrogen and oxygen atoms in total. The van der Waals surface area contributed by atoms with E-state index >= 15 is 0 Å². The zero-order chi connectivity index (χ0) is 16.7. The second kappa shape index (κ2) is 8.66. The van der Waals surface area contributed by atoms with Gasteiger partial charge in [-0.25, -0.2) is 4.79 Å². The molecule has 2 amide bonds. The van der Waals surface area contributed by atoms with Gasteiger partial charge in [0, 0.05) is 24.0 Å². The Morgan fingerprint density at radius 1 is 1.57 bits per heavy atom. The SMILES string of the molecule is C#CCOCC1CCCN(C(=O)Nc2cc(Cl)ccc2OC)C1. The molecule has 0 saturated carbocycles. The summed E-state index contributed by atoms with van der Waals surface area (Å²) in [6.07, 6.45) is 7.16. The molecule has 6 heteroatoms. The molecule has 0 spiro atoms. The molecule has 0 aromatic heterocycles. The lowest BCUT2D eigenvalue weighted by molar-refractivity contribution is 0.0883. The number of likely N-dealkylation sites (tertiary alicyclic amines) is 1. The van der Waals surface area contributed by atoms with E-state index in [1.165, 1.54) is 0 Å². The maximum atomic E-state index is 12.5. The topological polar surface area (TPSA) is 50.8 Å². The van der Waals surface area contributed by atoms with E-state index in [0.717, 1.165) is 19.4 Å². The van der Waals surface area contributed by atoms with Gasteiger partial charge in [-0.1, -0.05) is 17.5 Å². The van der Waals surface area contributed by atoms with Gasteiger partial charge in [-0.3, -0.25) is 0 Å². The van der Waals surface area contributed by atoms with Gasteiger partial charge in [0.1, 0.15) is 12.4 Å². The van der Waals surface area contributed by atoms with E-state index in [1.807, 2.05) is 0 Å². The highest BCUT2D eigenvalue weighted by molar-refractivity contribution is 6.31. The number of rotatable bonds is 5. The third kappa shape index (κ3) is 5.05. The molecule has 1 aromatic carbocycles. The molecule has 1 atom stereocenters. The number of piperidine rings is 1. The van der Waals surface area contributed by atoms with Crippen LogP contribution in [0.25, 0.3) is 0 Å². The summed E-state index contributed by atoms with van der Waals surface area (Å²) < 4.78 is 10.6. The Bertz CT molecular complexity index is 586.